The lowest BCUT2D eigenvalue weighted by atomic mass is 10.0. The van der Waals surface area contributed by atoms with Crippen molar-refractivity contribution in [3.05, 3.63) is 18.6 Å². The van der Waals surface area contributed by atoms with Crippen LogP contribution in [0.25, 0.3) is 0 Å². The average molecular weight is 345 g/mol. The predicted octanol–water partition coefficient (Wildman–Crippen LogP) is 1.80. The highest BCUT2D eigenvalue weighted by Gasteiger charge is 2.37. The standard InChI is InChI=1S/C18H27N5O2/c24-18(20-12-16-2-1-11-25-16)22-9-6-15(7-10-22)23(14-3-4-14)17-5-8-19-13-21-17/h5,8,13-16H,1-4,6-7,9-12H2,(H,20,24). The van der Waals surface area contributed by atoms with E-state index in [-0.39, 0.29) is 12.1 Å². The number of piperidine rings is 1. The fraction of sp³-hybridized carbons (Fsp3) is 0.722. The van der Waals surface area contributed by atoms with Gasteiger partial charge in [0.25, 0.3) is 0 Å². The lowest BCUT2D eigenvalue weighted by Gasteiger charge is -2.39. The first-order valence-electron chi connectivity index (χ1n) is 9.50. The van der Waals surface area contributed by atoms with Crippen LogP contribution >= 0.6 is 0 Å². The molecule has 25 heavy (non-hydrogen) atoms. The van der Waals surface area contributed by atoms with Gasteiger partial charge in [-0.25, -0.2) is 14.8 Å². The van der Waals surface area contributed by atoms with Crippen molar-refractivity contribution in [3.63, 3.8) is 0 Å². The summed E-state index contributed by atoms with van der Waals surface area (Å²) in [4.78, 5) is 25.3. The van der Waals surface area contributed by atoms with E-state index in [0.717, 1.165) is 51.2 Å². The maximum atomic E-state index is 12.4. The van der Waals surface area contributed by atoms with E-state index in [2.05, 4.69) is 20.2 Å². The van der Waals surface area contributed by atoms with Crippen LogP contribution in [0.1, 0.15) is 38.5 Å². The molecule has 3 heterocycles. The third-order valence-corrected chi connectivity index (χ3v) is 5.42. The molecule has 0 bridgehead atoms. The Balaban J connectivity index is 1.29. The van der Waals surface area contributed by atoms with Gasteiger partial charge in [0.15, 0.2) is 0 Å². The van der Waals surface area contributed by atoms with Crippen LogP contribution in [0.2, 0.25) is 0 Å². The zero-order valence-corrected chi connectivity index (χ0v) is 14.6. The van der Waals surface area contributed by atoms with Crippen LogP contribution in [-0.4, -0.2) is 65.3 Å². The van der Waals surface area contributed by atoms with Gasteiger partial charge in [-0.15, -0.1) is 0 Å². The number of amides is 2. The van der Waals surface area contributed by atoms with Crippen LogP contribution in [0.4, 0.5) is 10.6 Å². The zero-order valence-electron chi connectivity index (χ0n) is 14.6. The Morgan fingerprint density at radius 3 is 2.68 bits per heavy atom. The lowest BCUT2D eigenvalue weighted by Crippen LogP contribution is -2.51. The van der Waals surface area contributed by atoms with Gasteiger partial charge in [-0.1, -0.05) is 0 Å². The van der Waals surface area contributed by atoms with Crippen LogP contribution in [-0.2, 0) is 4.74 Å². The first-order valence-corrected chi connectivity index (χ1v) is 9.50. The van der Waals surface area contributed by atoms with Crippen molar-refractivity contribution in [3.8, 4) is 0 Å². The molecule has 1 aromatic rings. The maximum Gasteiger partial charge on any atom is 0.317 e. The van der Waals surface area contributed by atoms with Gasteiger partial charge in [0.1, 0.15) is 12.1 Å². The van der Waals surface area contributed by atoms with Crippen LogP contribution in [0.3, 0.4) is 0 Å². The molecule has 7 nitrogen and oxygen atoms in total. The number of carbonyl (C=O) groups excluding carboxylic acids is 1. The Kier molecular flexibility index (Phi) is 5.01. The van der Waals surface area contributed by atoms with Gasteiger partial charge in [-0.05, 0) is 44.6 Å². The van der Waals surface area contributed by atoms with Gasteiger partial charge < -0.3 is 19.9 Å². The van der Waals surface area contributed by atoms with Crippen LogP contribution in [0.15, 0.2) is 18.6 Å². The first kappa shape index (κ1) is 16.6. The average Bonchev–Trinajstić information content (AvgIpc) is 3.35. The quantitative estimate of drug-likeness (QED) is 0.881. The molecular weight excluding hydrogens is 318 g/mol. The highest BCUT2D eigenvalue weighted by molar-refractivity contribution is 5.74. The second kappa shape index (κ2) is 7.56. The number of urea groups is 1. The molecule has 2 aliphatic heterocycles. The Bertz CT molecular complexity index is 566. The van der Waals surface area contributed by atoms with Crippen molar-refractivity contribution in [2.75, 3.05) is 31.1 Å². The van der Waals surface area contributed by atoms with Gasteiger partial charge in [-0.3, -0.25) is 0 Å². The molecule has 0 radical (unpaired) electrons. The van der Waals surface area contributed by atoms with Crippen molar-refractivity contribution in [1.29, 1.82) is 0 Å². The van der Waals surface area contributed by atoms with E-state index in [0.29, 0.717) is 18.6 Å². The molecule has 1 N–H and O–H groups in total. The zero-order chi connectivity index (χ0) is 17.1. The molecule has 0 aromatic carbocycles. The van der Waals surface area contributed by atoms with Gasteiger partial charge in [-0.2, -0.15) is 0 Å². The van der Waals surface area contributed by atoms with Gasteiger partial charge in [0.2, 0.25) is 0 Å². The van der Waals surface area contributed by atoms with E-state index in [1.807, 2.05) is 17.2 Å². The third kappa shape index (κ3) is 4.03. The Morgan fingerprint density at radius 1 is 1.24 bits per heavy atom. The summed E-state index contributed by atoms with van der Waals surface area (Å²) in [5.74, 6) is 1.03. The van der Waals surface area contributed by atoms with Crippen molar-refractivity contribution < 1.29 is 9.53 Å². The normalized spacial score (nSPS) is 24.3. The van der Waals surface area contributed by atoms with Crippen molar-refractivity contribution in [2.45, 2.75) is 56.7 Å². The number of carbonyl (C=O) groups is 1. The fourth-order valence-electron chi connectivity index (χ4n) is 3.93. The molecule has 1 aromatic heterocycles. The molecule has 2 amide bonds. The summed E-state index contributed by atoms with van der Waals surface area (Å²) >= 11 is 0. The fourth-order valence-corrected chi connectivity index (χ4v) is 3.93. The summed E-state index contributed by atoms with van der Waals surface area (Å²) in [6.07, 6.45) is 10.3. The molecule has 2 saturated heterocycles. The van der Waals surface area contributed by atoms with E-state index in [1.54, 1.807) is 6.33 Å². The molecule has 1 saturated carbocycles. The third-order valence-electron chi connectivity index (χ3n) is 5.42. The van der Waals surface area contributed by atoms with E-state index >= 15 is 0 Å². The Hall–Kier alpha value is -1.89. The molecule has 3 aliphatic rings. The monoisotopic (exact) mass is 345 g/mol. The highest BCUT2D eigenvalue weighted by Crippen LogP contribution is 2.35. The number of hydrogen-bond donors (Lipinski definition) is 1. The van der Waals surface area contributed by atoms with Crippen LogP contribution in [0, 0.1) is 0 Å². The summed E-state index contributed by atoms with van der Waals surface area (Å²) in [5, 5.41) is 3.03. The smallest absolute Gasteiger partial charge is 0.317 e. The second-order valence-electron chi connectivity index (χ2n) is 7.25. The number of hydrogen-bond acceptors (Lipinski definition) is 5. The Morgan fingerprint density at radius 2 is 2.04 bits per heavy atom. The first-order chi connectivity index (χ1) is 12.3. The number of rotatable bonds is 5. The largest absolute Gasteiger partial charge is 0.376 e. The second-order valence-corrected chi connectivity index (χ2v) is 7.25. The highest BCUT2D eigenvalue weighted by atomic mass is 16.5. The van der Waals surface area contributed by atoms with E-state index in [4.69, 9.17) is 4.74 Å². The molecule has 1 unspecified atom stereocenters. The molecular formula is C18H27N5O2. The molecule has 0 spiro atoms. The summed E-state index contributed by atoms with van der Waals surface area (Å²) < 4.78 is 5.57. The van der Waals surface area contributed by atoms with Gasteiger partial charge in [0, 0.05) is 44.5 Å². The molecule has 1 aliphatic carbocycles. The van der Waals surface area contributed by atoms with Crippen LogP contribution < -0.4 is 10.2 Å². The minimum atomic E-state index is 0.0500. The van der Waals surface area contributed by atoms with Crippen molar-refractivity contribution in [1.82, 2.24) is 20.2 Å². The van der Waals surface area contributed by atoms with Gasteiger partial charge >= 0.3 is 6.03 Å². The molecule has 1 atom stereocenters. The number of likely N-dealkylation sites (tertiary alicyclic amines) is 1. The van der Waals surface area contributed by atoms with E-state index < -0.39 is 0 Å². The van der Waals surface area contributed by atoms with Gasteiger partial charge in [0.05, 0.1) is 6.10 Å². The number of anilines is 1. The summed E-state index contributed by atoms with van der Waals surface area (Å²) in [6.45, 7) is 3.06. The van der Waals surface area contributed by atoms with Crippen molar-refractivity contribution in [2.24, 2.45) is 0 Å². The summed E-state index contributed by atoms with van der Waals surface area (Å²) in [5.41, 5.74) is 0. The minimum Gasteiger partial charge on any atom is -0.376 e. The van der Waals surface area contributed by atoms with E-state index in [1.165, 1.54) is 12.8 Å². The minimum absolute atomic E-state index is 0.0500. The number of nitrogens with one attached hydrogen (secondary N) is 1. The topological polar surface area (TPSA) is 70.6 Å². The number of aromatic nitrogens is 2. The molecule has 4 rings (SSSR count). The number of ether oxygens (including phenoxy) is 1. The van der Waals surface area contributed by atoms with Crippen molar-refractivity contribution >= 4 is 11.8 Å². The summed E-state index contributed by atoms with van der Waals surface area (Å²) in [7, 11) is 0. The molecule has 136 valence electrons. The SMILES string of the molecule is O=C(NCC1CCCO1)N1CCC(N(c2ccncn2)C2CC2)CC1. The molecule has 7 heteroatoms. The Labute approximate surface area is 148 Å². The number of nitrogens with zero attached hydrogens (tertiary/aromatic N) is 4. The van der Waals surface area contributed by atoms with Crippen LogP contribution in [0.5, 0.6) is 0 Å². The lowest BCUT2D eigenvalue weighted by molar-refractivity contribution is 0.108. The predicted molar refractivity (Wildman–Crippen MR) is 94.5 cm³/mol. The summed E-state index contributed by atoms with van der Waals surface area (Å²) in [6, 6.07) is 3.12. The molecule has 3 fully saturated rings. The maximum absolute atomic E-state index is 12.4. The van der Waals surface area contributed by atoms with E-state index in [9.17, 15) is 4.79 Å².